The lowest BCUT2D eigenvalue weighted by Crippen LogP contribution is -2.40. The fourth-order valence-corrected chi connectivity index (χ4v) is 3.24. The van der Waals surface area contributed by atoms with Crippen molar-refractivity contribution in [3.63, 3.8) is 0 Å². The average molecular weight is 390 g/mol. The molecule has 1 saturated heterocycles. The Hall–Kier alpha value is -0.390. The van der Waals surface area contributed by atoms with Crippen LogP contribution in [0.4, 0.5) is 0 Å². The van der Waals surface area contributed by atoms with Crippen LogP contribution in [0, 0.1) is 5.92 Å². The predicted octanol–water partition coefficient (Wildman–Crippen LogP) is 3.28. The van der Waals surface area contributed by atoms with Crippen LogP contribution in [-0.4, -0.2) is 37.5 Å². The van der Waals surface area contributed by atoms with E-state index >= 15 is 0 Å². The zero-order chi connectivity index (χ0) is 13.8. The zero-order valence-electron chi connectivity index (χ0n) is 11.0. The molecule has 5 heteroatoms. The third kappa shape index (κ3) is 3.80. The number of hydrogen-bond acceptors (Lipinski definition) is 2. The van der Waals surface area contributed by atoms with Crippen molar-refractivity contribution < 1.29 is 4.79 Å². The van der Waals surface area contributed by atoms with Crippen LogP contribution < -0.4 is 5.32 Å². The van der Waals surface area contributed by atoms with Gasteiger partial charge in [-0.25, -0.2) is 0 Å². The van der Waals surface area contributed by atoms with Gasteiger partial charge in [0.15, 0.2) is 0 Å². The second-order valence-corrected chi connectivity index (χ2v) is 6.69. The number of nitrogens with zero attached hydrogens (tertiary/aromatic N) is 1. The molecule has 104 valence electrons. The van der Waals surface area contributed by atoms with E-state index in [4.69, 9.17) is 0 Å². The molecular weight excluding hydrogens is 372 g/mol. The Labute approximate surface area is 131 Å². The molecule has 0 aliphatic carbocycles. The van der Waals surface area contributed by atoms with Gasteiger partial charge in [0.1, 0.15) is 0 Å². The fourth-order valence-electron chi connectivity index (χ4n) is 2.46. The standard InChI is InChI=1S/C14H18Br2N2O/c1-17-9-10-4-6-18(7-5-10)14(19)12-8-11(15)2-3-13(12)16/h2-3,8,10,17H,4-7,9H2,1H3. The molecule has 1 fully saturated rings. The summed E-state index contributed by atoms with van der Waals surface area (Å²) >= 11 is 6.87. The lowest BCUT2D eigenvalue weighted by Gasteiger charge is -2.32. The van der Waals surface area contributed by atoms with E-state index in [0.29, 0.717) is 5.92 Å². The van der Waals surface area contributed by atoms with E-state index in [0.717, 1.165) is 47.0 Å². The number of piperidine rings is 1. The van der Waals surface area contributed by atoms with Crippen molar-refractivity contribution in [2.24, 2.45) is 5.92 Å². The van der Waals surface area contributed by atoms with Crippen molar-refractivity contribution in [1.29, 1.82) is 0 Å². The third-order valence-electron chi connectivity index (χ3n) is 3.55. The number of likely N-dealkylation sites (tertiary alicyclic amines) is 1. The van der Waals surface area contributed by atoms with Crippen molar-refractivity contribution in [1.82, 2.24) is 10.2 Å². The maximum atomic E-state index is 12.5. The molecule has 1 aliphatic rings. The SMILES string of the molecule is CNCC1CCN(C(=O)c2cc(Br)ccc2Br)CC1. The molecular formula is C14H18Br2N2O. The highest BCUT2D eigenvalue weighted by Gasteiger charge is 2.24. The van der Waals surface area contributed by atoms with Gasteiger partial charge in [-0.1, -0.05) is 15.9 Å². The Kier molecular flexibility index (Phi) is 5.42. The molecule has 0 bridgehead atoms. The second kappa shape index (κ2) is 6.86. The lowest BCUT2D eigenvalue weighted by atomic mass is 9.96. The van der Waals surface area contributed by atoms with Gasteiger partial charge in [0, 0.05) is 22.0 Å². The van der Waals surface area contributed by atoms with Gasteiger partial charge in [-0.2, -0.15) is 0 Å². The molecule has 1 aromatic rings. The van der Waals surface area contributed by atoms with Gasteiger partial charge in [-0.3, -0.25) is 4.79 Å². The first-order valence-corrected chi connectivity index (χ1v) is 8.09. The van der Waals surface area contributed by atoms with E-state index in [1.807, 2.05) is 30.1 Å². The number of rotatable bonds is 3. The molecule has 0 saturated carbocycles. The highest BCUT2D eigenvalue weighted by molar-refractivity contribution is 9.11. The molecule has 19 heavy (non-hydrogen) atoms. The molecule has 1 aliphatic heterocycles. The Morgan fingerprint density at radius 1 is 1.37 bits per heavy atom. The van der Waals surface area contributed by atoms with Crippen LogP contribution in [-0.2, 0) is 0 Å². The summed E-state index contributed by atoms with van der Waals surface area (Å²) in [6.45, 7) is 2.75. The Bertz CT molecular complexity index is 457. The third-order valence-corrected chi connectivity index (χ3v) is 4.74. The average Bonchev–Trinajstić information content (AvgIpc) is 2.42. The highest BCUT2D eigenvalue weighted by Crippen LogP contribution is 2.25. The summed E-state index contributed by atoms with van der Waals surface area (Å²) in [6.07, 6.45) is 2.16. The molecule has 1 heterocycles. The molecule has 0 aromatic heterocycles. The van der Waals surface area contributed by atoms with Crippen LogP contribution >= 0.6 is 31.9 Å². The summed E-state index contributed by atoms with van der Waals surface area (Å²) in [7, 11) is 1.98. The maximum Gasteiger partial charge on any atom is 0.255 e. The Morgan fingerprint density at radius 2 is 2.05 bits per heavy atom. The lowest BCUT2D eigenvalue weighted by molar-refractivity contribution is 0.0690. The first kappa shape index (κ1) is 15.0. The van der Waals surface area contributed by atoms with E-state index in [1.165, 1.54) is 0 Å². The highest BCUT2D eigenvalue weighted by atomic mass is 79.9. The topological polar surface area (TPSA) is 32.3 Å². The van der Waals surface area contributed by atoms with E-state index in [9.17, 15) is 4.79 Å². The molecule has 0 atom stereocenters. The number of halogens is 2. The second-order valence-electron chi connectivity index (χ2n) is 4.92. The molecule has 0 unspecified atom stereocenters. The molecule has 0 spiro atoms. The summed E-state index contributed by atoms with van der Waals surface area (Å²) in [5.74, 6) is 0.816. The van der Waals surface area contributed by atoms with Crippen LogP contribution in [0.3, 0.4) is 0 Å². The molecule has 2 rings (SSSR count). The molecule has 1 N–H and O–H groups in total. The first-order chi connectivity index (χ1) is 9.11. The minimum Gasteiger partial charge on any atom is -0.339 e. The van der Waals surface area contributed by atoms with Crippen molar-refractivity contribution in [3.8, 4) is 0 Å². The minimum atomic E-state index is 0.121. The number of hydrogen-bond donors (Lipinski definition) is 1. The summed E-state index contributed by atoms with van der Waals surface area (Å²) in [5, 5.41) is 3.21. The maximum absolute atomic E-state index is 12.5. The summed E-state index contributed by atoms with van der Waals surface area (Å²) in [5.41, 5.74) is 0.737. The van der Waals surface area contributed by atoms with E-state index in [2.05, 4.69) is 37.2 Å². The van der Waals surface area contributed by atoms with Gasteiger partial charge in [-0.05, 0) is 66.5 Å². The van der Waals surface area contributed by atoms with Crippen LogP contribution in [0.1, 0.15) is 23.2 Å². The van der Waals surface area contributed by atoms with E-state index < -0.39 is 0 Å². The van der Waals surface area contributed by atoms with Gasteiger partial charge >= 0.3 is 0 Å². The number of carbonyl (C=O) groups is 1. The number of amides is 1. The van der Waals surface area contributed by atoms with E-state index in [-0.39, 0.29) is 5.91 Å². The van der Waals surface area contributed by atoms with E-state index in [1.54, 1.807) is 0 Å². The monoisotopic (exact) mass is 388 g/mol. The predicted molar refractivity (Wildman–Crippen MR) is 84.4 cm³/mol. The number of benzene rings is 1. The zero-order valence-corrected chi connectivity index (χ0v) is 14.1. The van der Waals surface area contributed by atoms with Crippen LogP contribution in [0.5, 0.6) is 0 Å². The quantitative estimate of drug-likeness (QED) is 0.860. The minimum absolute atomic E-state index is 0.121. The van der Waals surface area contributed by atoms with Gasteiger partial charge < -0.3 is 10.2 Å². The van der Waals surface area contributed by atoms with Gasteiger partial charge in [0.2, 0.25) is 0 Å². The molecule has 1 aromatic carbocycles. The normalized spacial score (nSPS) is 16.7. The largest absolute Gasteiger partial charge is 0.339 e. The van der Waals surface area contributed by atoms with Crippen molar-refractivity contribution in [3.05, 3.63) is 32.7 Å². The summed E-state index contributed by atoms with van der Waals surface area (Å²) < 4.78 is 1.79. The van der Waals surface area contributed by atoms with Crippen molar-refractivity contribution in [2.45, 2.75) is 12.8 Å². The smallest absolute Gasteiger partial charge is 0.255 e. The summed E-state index contributed by atoms with van der Waals surface area (Å²) in [6, 6.07) is 5.72. The Morgan fingerprint density at radius 3 is 2.68 bits per heavy atom. The van der Waals surface area contributed by atoms with Gasteiger partial charge in [0.05, 0.1) is 5.56 Å². The summed E-state index contributed by atoms with van der Waals surface area (Å²) in [4.78, 5) is 14.5. The number of nitrogens with one attached hydrogen (secondary N) is 1. The first-order valence-electron chi connectivity index (χ1n) is 6.50. The Balaban J connectivity index is 2.03. The molecule has 1 amide bonds. The van der Waals surface area contributed by atoms with Crippen molar-refractivity contribution in [2.75, 3.05) is 26.7 Å². The fraction of sp³-hybridized carbons (Fsp3) is 0.500. The van der Waals surface area contributed by atoms with Crippen LogP contribution in [0.15, 0.2) is 27.1 Å². The van der Waals surface area contributed by atoms with Gasteiger partial charge in [0.25, 0.3) is 5.91 Å². The van der Waals surface area contributed by atoms with Crippen LogP contribution in [0.25, 0.3) is 0 Å². The molecule has 3 nitrogen and oxygen atoms in total. The van der Waals surface area contributed by atoms with Crippen molar-refractivity contribution >= 4 is 37.8 Å². The van der Waals surface area contributed by atoms with Gasteiger partial charge in [-0.15, -0.1) is 0 Å². The molecule has 0 radical (unpaired) electrons. The van der Waals surface area contributed by atoms with Crippen LogP contribution in [0.2, 0.25) is 0 Å². The number of carbonyl (C=O) groups excluding carboxylic acids is 1.